The van der Waals surface area contributed by atoms with Crippen molar-refractivity contribution in [3.63, 3.8) is 0 Å². The summed E-state index contributed by atoms with van der Waals surface area (Å²) in [5.41, 5.74) is 20.7. The first-order valence-electron chi connectivity index (χ1n) is 25.2. The molecule has 3 aliphatic carbocycles. The van der Waals surface area contributed by atoms with Crippen LogP contribution in [0.25, 0.3) is 39.0 Å². The van der Waals surface area contributed by atoms with E-state index in [2.05, 4.69) is 289 Å². The van der Waals surface area contributed by atoms with Crippen molar-refractivity contribution in [2.45, 2.75) is 44.7 Å². The molecule has 12 rings (SSSR count). The summed E-state index contributed by atoms with van der Waals surface area (Å²) >= 11 is 0. The Kier molecular flexibility index (Phi) is 11.6. The van der Waals surface area contributed by atoms with E-state index in [1.54, 1.807) is 0 Å². The molecule has 3 atom stereocenters. The number of para-hydroxylation sites is 2. The molecular weight excluding hydrogens is 859 g/mol. The highest BCUT2D eigenvalue weighted by atomic mass is 15.2. The van der Waals surface area contributed by atoms with Gasteiger partial charge >= 0.3 is 0 Å². The van der Waals surface area contributed by atoms with E-state index < -0.39 is 0 Å². The van der Waals surface area contributed by atoms with Crippen LogP contribution in [0, 0.1) is 5.92 Å². The Labute approximate surface area is 419 Å². The normalized spacial score (nSPS) is 18.9. The van der Waals surface area contributed by atoms with Crippen molar-refractivity contribution < 1.29 is 0 Å². The minimum atomic E-state index is -0.342. The first kappa shape index (κ1) is 43.9. The van der Waals surface area contributed by atoms with Gasteiger partial charge in [-0.05, 0) is 149 Å². The summed E-state index contributed by atoms with van der Waals surface area (Å²) in [4.78, 5) is 7.58. The largest absolute Gasteiger partial charge is 0.335 e. The Morgan fingerprint density at radius 3 is 1.59 bits per heavy atom. The summed E-state index contributed by atoms with van der Waals surface area (Å²) in [6.45, 7) is 4.83. The highest BCUT2D eigenvalue weighted by molar-refractivity contribution is 5.94. The molecule has 0 bridgehead atoms. The monoisotopic (exact) mass is 915 g/mol. The van der Waals surface area contributed by atoms with Crippen molar-refractivity contribution >= 4 is 50.8 Å². The minimum Gasteiger partial charge on any atom is -0.335 e. The third-order valence-corrected chi connectivity index (χ3v) is 15.0. The van der Waals surface area contributed by atoms with Crippen LogP contribution in [0.4, 0.5) is 34.1 Å². The van der Waals surface area contributed by atoms with Crippen LogP contribution < -0.4 is 14.7 Å². The maximum Gasteiger partial charge on any atom is 0.0678 e. The van der Waals surface area contributed by atoms with Crippen molar-refractivity contribution in [1.82, 2.24) is 0 Å². The molecule has 0 spiro atoms. The molecule has 0 N–H and O–H groups in total. The average molecular weight is 916 g/mol. The number of hydrogen-bond donors (Lipinski definition) is 0. The third kappa shape index (κ3) is 8.38. The van der Waals surface area contributed by atoms with Crippen LogP contribution in [0.15, 0.2) is 267 Å². The second kappa shape index (κ2) is 18.8. The van der Waals surface area contributed by atoms with Crippen molar-refractivity contribution in [3.05, 3.63) is 283 Å². The number of benzene rings is 8. The van der Waals surface area contributed by atoms with Crippen LogP contribution in [0.5, 0.6) is 0 Å². The fourth-order valence-corrected chi connectivity index (χ4v) is 11.3. The van der Waals surface area contributed by atoms with E-state index in [4.69, 9.17) is 0 Å². The van der Waals surface area contributed by atoms with Crippen molar-refractivity contribution in [3.8, 4) is 22.3 Å². The second-order valence-electron chi connectivity index (χ2n) is 19.5. The molecule has 0 saturated carbocycles. The number of allylic oxidation sites excluding steroid dienone is 8. The number of fused-ring (bicyclic) bond motifs is 3. The molecule has 8 aromatic carbocycles. The predicted molar refractivity (Wildman–Crippen MR) is 301 cm³/mol. The van der Waals surface area contributed by atoms with Gasteiger partial charge in [0.15, 0.2) is 0 Å². The molecule has 71 heavy (non-hydrogen) atoms. The average Bonchev–Trinajstić information content (AvgIpc) is 3.79. The molecule has 344 valence electrons. The molecule has 0 amide bonds. The molecule has 1 aliphatic heterocycles. The zero-order valence-corrected chi connectivity index (χ0v) is 40.4. The van der Waals surface area contributed by atoms with Crippen LogP contribution in [-0.2, 0) is 0 Å². The van der Waals surface area contributed by atoms with Crippen LogP contribution in [0.2, 0.25) is 0 Å². The van der Waals surface area contributed by atoms with Crippen molar-refractivity contribution in [2.24, 2.45) is 5.92 Å². The van der Waals surface area contributed by atoms with Crippen molar-refractivity contribution in [2.75, 3.05) is 14.7 Å². The Morgan fingerprint density at radius 1 is 0.507 bits per heavy atom. The van der Waals surface area contributed by atoms with Gasteiger partial charge in [0.25, 0.3) is 0 Å². The summed E-state index contributed by atoms with van der Waals surface area (Å²) in [6.07, 6.45) is 21.7. The topological polar surface area (TPSA) is 9.72 Å². The van der Waals surface area contributed by atoms with Gasteiger partial charge < -0.3 is 14.7 Å². The quantitative estimate of drug-likeness (QED) is 0.128. The molecule has 0 fully saturated rings. The number of hydrogen-bond acceptors (Lipinski definition) is 3. The van der Waals surface area contributed by atoms with Gasteiger partial charge in [0.2, 0.25) is 0 Å². The van der Waals surface area contributed by atoms with Crippen LogP contribution in [0.1, 0.15) is 49.8 Å². The zero-order valence-electron chi connectivity index (χ0n) is 40.4. The molecule has 3 nitrogen and oxygen atoms in total. The first-order chi connectivity index (χ1) is 35.0. The Hall–Kier alpha value is -8.40. The summed E-state index contributed by atoms with van der Waals surface area (Å²) < 4.78 is 0. The highest BCUT2D eigenvalue weighted by Gasteiger charge is 2.44. The van der Waals surface area contributed by atoms with Crippen LogP contribution in [0.3, 0.4) is 0 Å². The molecule has 8 aromatic rings. The summed E-state index contributed by atoms with van der Waals surface area (Å²) in [7, 11) is 0. The SMILES string of the molecule is CC1C(N(c2ccc(-c3ccccc3)cc2)C2(C)C=CC(c3ccc(N(c4ccc(C5=CC=CCC5)cc4)c4ccc(-c5ccccc5)cc4)cc3)=CC2)=CC=C2c3ccccc3N(c3ccccc3)C21. The van der Waals surface area contributed by atoms with Crippen LogP contribution in [-0.4, -0.2) is 11.6 Å². The summed E-state index contributed by atoms with van der Waals surface area (Å²) in [6, 6.07) is 77.7. The lowest BCUT2D eigenvalue weighted by molar-refractivity contribution is 0.493. The van der Waals surface area contributed by atoms with Crippen molar-refractivity contribution in [1.29, 1.82) is 0 Å². The van der Waals surface area contributed by atoms with E-state index in [0.717, 1.165) is 36.3 Å². The van der Waals surface area contributed by atoms with E-state index in [1.165, 1.54) is 78.4 Å². The molecular formula is C68H57N3. The second-order valence-corrected chi connectivity index (χ2v) is 19.5. The summed E-state index contributed by atoms with van der Waals surface area (Å²) in [5.74, 6) is 0.176. The Morgan fingerprint density at radius 2 is 1.03 bits per heavy atom. The first-order valence-corrected chi connectivity index (χ1v) is 25.2. The van der Waals surface area contributed by atoms with Gasteiger partial charge in [-0.25, -0.2) is 0 Å². The van der Waals surface area contributed by atoms with E-state index >= 15 is 0 Å². The number of rotatable bonds is 11. The van der Waals surface area contributed by atoms with Gasteiger partial charge in [-0.3, -0.25) is 0 Å². The highest BCUT2D eigenvalue weighted by Crippen LogP contribution is 2.52. The fourth-order valence-electron chi connectivity index (χ4n) is 11.3. The third-order valence-electron chi connectivity index (χ3n) is 15.0. The molecule has 3 heteroatoms. The van der Waals surface area contributed by atoms with Gasteiger partial charge in [0.05, 0.1) is 11.6 Å². The lowest BCUT2D eigenvalue weighted by Gasteiger charge is -2.48. The molecule has 0 radical (unpaired) electrons. The lowest BCUT2D eigenvalue weighted by atomic mass is 9.80. The predicted octanol–water partition coefficient (Wildman–Crippen LogP) is 18.0. The molecule has 1 heterocycles. The number of nitrogens with zero attached hydrogens (tertiary/aromatic N) is 3. The van der Waals surface area contributed by atoms with E-state index in [-0.39, 0.29) is 17.5 Å². The Bertz CT molecular complexity index is 3380. The van der Waals surface area contributed by atoms with Gasteiger partial charge in [-0.2, -0.15) is 0 Å². The van der Waals surface area contributed by atoms with Gasteiger partial charge in [-0.1, -0.05) is 195 Å². The van der Waals surface area contributed by atoms with E-state index in [9.17, 15) is 0 Å². The summed E-state index contributed by atoms with van der Waals surface area (Å²) in [5, 5.41) is 0. The molecule has 0 aromatic heterocycles. The molecule has 4 aliphatic rings. The Balaban J connectivity index is 0.870. The lowest BCUT2D eigenvalue weighted by Crippen LogP contribution is -2.49. The van der Waals surface area contributed by atoms with Gasteiger partial charge in [0.1, 0.15) is 0 Å². The maximum absolute atomic E-state index is 2.63. The number of anilines is 6. The standard InChI is InChI=1S/C68H57N3/c1-49-65(44-43-64-63-25-15-16-26-66(63)70(67(49)64)58-23-13-6-14-24-58)71(62-41-33-55(34-42-62)52-21-11-5-12-22-52)68(2)47-45-57(46-48-68)56-31-39-61(40-32-56)69(59-35-27-53(28-36-59)50-17-7-3-8-18-50)60-37-29-54(30-38-60)51-19-9-4-10-20-51/h3-9,11-19,21-47,49,67H,10,20,48H2,1-2H3. The zero-order chi connectivity index (χ0) is 47.7. The molecule has 3 unspecified atom stereocenters. The maximum atomic E-state index is 2.63. The smallest absolute Gasteiger partial charge is 0.0678 e. The van der Waals surface area contributed by atoms with Gasteiger partial charge in [-0.15, -0.1) is 0 Å². The van der Waals surface area contributed by atoms with Gasteiger partial charge in [0, 0.05) is 51.3 Å². The van der Waals surface area contributed by atoms with E-state index in [1.807, 2.05) is 0 Å². The van der Waals surface area contributed by atoms with Crippen LogP contribution >= 0.6 is 0 Å². The molecule has 0 saturated heterocycles. The van der Waals surface area contributed by atoms with E-state index in [0.29, 0.717) is 0 Å². The fraction of sp³-hybridized carbons (Fsp3) is 0.118. The minimum absolute atomic E-state index is 0.146.